The van der Waals surface area contributed by atoms with Gasteiger partial charge in [-0.3, -0.25) is 4.79 Å². The quantitative estimate of drug-likeness (QED) is 0.749. The largest absolute Gasteiger partial charge is 0.483 e. The SMILES string of the molecule is CCOC(=O)c1ccc(NC(=O)COc2ccccc2C(=O)O)cc1. The Kier molecular flexibility index (Phi) is 6.11. The molecular weight excluding hydrogens is 326 g/mol. The van der Waals surface area contributed by atoms with Crippen molar-refractivity contribution in [2.24, 2.45) is 0 Å². The third-order valence-corrected chi connectivity index (χ3v) is 3.16. The van der Waals surface area contributed by atoms with Crippen molar-refractivity contribution in [3.63, 3.8) is 0 Å². The summed E-state index contributed by atoms with van der Waals surface area (Å²) in [7, 11) is 0. The van der Waals surface area contributed by atoms with Crippen LogP contribution in [0, 0.1) is 0 Å². The number of para-hydroxylation sites is 1. The first-order valence-corrected chi connectivity index (χ1v) is 7.53. The van der Waals surface area contributed by atoms with E-state index < -0.39 is 17.8 Å². The van der Waals surface area contributed by atoms with Gasteiger partial charge in [0.05, 0.1) is 12.2 Å². The van der Waals surface area contributed by atoms with E-state index in [1.807, 2.05) is 0 Å². The number of carbonyl (C=O) groups is 3. The highest BCUT2D eigenvalue weighted by Gasteiger charge is 2.12. The summed E-state index contributed by atoms with van der Waals surface area (Å²) in [6, 6.07) is 12.3. The average molecular weight is 343 g/mol. The zero-order valence-electron chi connectivity index (χ0n) is 13.5. The van der Waals surface area contributed by atoms with Crippen LogP contribution in [0.1, 0.15) is 27.6 Å². The third kappa shape index (κ3) is 5.07. The highest BCUT2D eigenvalue weighted by molar-refractivity contribution is 5.94. The van der Waals surface area contributed by atoms with Gasteiger partial charge in [-0.05, 0) is 43.3 Å². The molecular formula is C18H17NO6. The minimum absolute atomic E-state index is 0.0194. The third-order valence-electron chi connectivity index (χ3n) is 3.16. The minimum atomic E-state index is -1.13. The Labute approximate surface area is 144 Å². The first-order chi connectivity index (χ1) is 12.0. The Hall–Kier alpha value is -3.35. The van der Waals surface area contributed by atoms with Crippen molar-refractivity contribution in [1.29, 1.82) is 0 Å². The summed E-state index contributed by atoms with van der Waals surface area (Å²) in [6.07, 6.45) is 0. The molecule has 0 fully saturated rings. The van der Waals surface area contributed by atoms with E-state index in [4.69, 9.17) is 14.6 Å². The summed E-state index contributed by atoms with van der Waals surface area (Å²) in [5.41, 5.74) is 0.841. The Balaban J connectivity index is 1.93. The van der Waals surface area contributed by atoms with E-state index in [2.05, 4.69) is 5.32 Å². The van der Waals surface area contributed by atoms with Crippen molar-refractivity contribution in [1.82, 2.24) is 0 Å². The van der Waals surface area contributed by atoms with Crippen LogP contribution >= 0.6 is 0 Å². The van der Waals surface area contributed by atoms with Crippen molar-refractivity contribution < 1.29 is 29.0 Å². The first-order valence-electron chi connectivity index (χ1n) is 7.53. The van der Waals surface area contributed by atoms with Crippen LogP contribution in [-0.4, -0.2) is 36.2 Å². The molecule has 0 spiro atoms. The highest BCUT2D eigenvalue weighted by atomic mass is 16.5. The first kappa shape index (κ1) is 18.0. The molecule has 7 heteroatoms. The van der Waals surface area contributed by atoms with Crippen molar-refractivity contribution in [3.05, 3.63) is 59.7 Å². The summed E-state index contributed by atoms with van der Waals surface area (Å²) in [5.74, 6) is -1.91. The summed E-state index contributed by atoms with van der Waals surface area (Å²) in [6.45, 7) is 1.66. The molecule has 2 N–H and O–H groups in total. The number of esters is 1. The van der Waals surface area contributed by atoms with E-state index in [1.165, 1.54) is 24.3 Å². The molecule has 0 unspecified atom stereocenters. The van der Waals surface area contributed by atoms with Crippen LogP contribution in [0.25, 0.3) is 0 Å². The topological polar surface area (TPSA) is 102 Å². The van der Waals surface area contributed by atoms with Gasteiger partial charge in [0.1, 0.15) is 11.3 Å². The van der Waals surface area contributed by atoms with E-state index in [0.29, 0.717) is 11.3 Å². The van der Waals surface area contributed by atoms with Crippen molar-refractivity contribution >= 4 is 23.5 Å². The van der Waals surface area contributed by atoms with Gasteiger partial charge in [0.25, 0.3) is 5.91 Å². The Morgan fingerprint density at radius 2 is 1.72 bits per heavy atom. The number of nitrogens with one attached hydrogen (secondary N) is 1. The number of ether oxygens (including phenoxy) is 2. The van der Waals surface area contributed by atoms with E-state index in [0.717, 1.165) is 0 Å². The van der Waals surface area contributed by atoms with Crippen molar-refractivity contribution in [2.45, 2.75) is 6.92 Å². The number of hydrogen-bond acceptors (Lipinski definition) is 5. The molecule has 7 nitrogen and oxygen atoms in total. The zero-order valence-corrected chi connectivity index (χ0v) is 13.5. The normalized spacial score (nSPS) is 9.96. The molecule has 0 bridgehead atoms. The number of carbonyl (C=O) groups excluding carboxylic acids is 2. The van der Waals surface area contributed by atoms with Crippen LogP contribution in [-0.2, 0) is 9.53 Å². The number of benzene rings is 2. The van der Waals surface area contributed by atoms with Gasteiger partial charge in [0.15, 0.2) is 6.61 Å². The molecule has 0 atom stereocenters. The number of hydrogen-bond donors (Lipinski definition) is 2. The van der Waals surface area contributed by atoms with Gasteiger partial charge in [-0.1, -0.05) is 12.1 Å². The number of carboxylic acids is 1. The van der Waals surface area contributed by atoms with Gasteiger partial charge < -0.3 is 19.9 Å². The van der Waals surface area contributed by atoms with Gasteiger partial charge in [-0.15, -0.1) is 0 Å². The number of amides is 1. The second kappa shape index (κ2) is 8.49. The van der Waals surface area contributed by atoms with Crippen LogP contribution in [0.3, 0.4) is 0 Å². The van der Waals surface area contributed by atoms with Crippen molar-refractivity contribution in [3.8, 4) is 5.75 Å². The highest BCUT2D eigenvalue weighted by Crippen LogP contribution is 2.18. The number of carboxylic acid groups (broad SMARTS) is 1. The molecule has 0 aliphatic rings. The lowest BCUT2D eigenvalue weighted by Gasteiger charge is -2.10. The lowest BCUT2D eigenvalue weighted by molar-refractivity contribution is -0.118. The van der Waals surface area contributed by atoms with Gasteiger partial charge in [-0.25, -0.2) is 9.59 Å². The lowest BCUT2D eigenvalue weighted by atomic mass is 10.2. The van der Waals surface area contributed by atoms with Crippen molar-refractivity contribution in [2.75, 3.05) is 18.5 Å². The standard InChI is InChI=1S/C18H17NO6/c1-2-24-18(23)12-7-9-13(10-8-12)19-16(20)11-25-15-6-4-3-5-14(15)17(21)22/h3-10H,2,11H2,1H3,(H,19,20)(H,21,22). The molecule has 0 heterocycles. The smallest absolute Gasteiger partial charge is 0.339 e. The fourth-order valence-corrected chi connectivity index (χ4v) is 2.01. The Bertz CT molecular complexity index is 769. The molecule has 130 valence electrons. The molecule has 0 aliphatic heterocycles. The fourth-order valence-electron chi connectivity index (χ4n) is 2.01. The number of anilines is 1. The summed E-state index contributed by atoms with van der Waals surface area (Å²) in [4.78, 5) is 34.5. The zero-order chi connectivity index (χ0) is 18.2. The predicted octanol–water partition coefficient (Wildman–Crippen LogP) is 2.58. The maximum Gasteiger partial charge on any atom is 0.339 e. The molecule has 0 radical (unpaired) electrons. The van der Waals surface area contributed by atoms with Gasteiger partial charge in [0, 0.05) is 5.69 Å². The molecule has 2 aromatic carbocycles. The second-order valence-corrected chi connectivity index (χ2v) is 4.94. The summed E-state index contributed by atoms with van der Waals surface area (Å²) in [5, 5.41) is 11.7. The van der Waals surface area contributed by atoms with E-state index >= 15 is 0 Å². The van der Waals surface area contributed by atoms with Gasteiger partial charge in [-0.2, -0.15) is 0 Å². The molecule has 0 aliphatic carbocycles. The van der Waals surface area contributed by atoms with Crippen LogP contribution < -0.4 is 10.1 Å². The van der Waals surface area contributed by atoms with Crippen LogP contribution in [0.5, 0.6) is 5.75 Å². The Morgan fingerprint density at radius 1 is 1.04 bits per heavy atom. The van der Waals surface area contributed by atoms with E-state index in [1.54, 1.807) is 31.2 Å². The maximum atomic E-state index is 11.9. The average Bonchev–Trinajstić information content (AvgIpc) is 2.61. The molecule has 2 aromatic rings. The monoisotopic (exact) mass is 343 g/mol. The summed E-state index contributed by atoms with van der Waals surface area (Å²) < 4.78 is 10.1. The molecule has 0 aromatic heterocycles. The van der Waals surface area contributed by atoms with Crippen LogP contribution in [0.4, 0.5) is 5.69 Å². The molecule has 0 saturated carbocycles. The maximum absolute atomic E-state index is 11.9. The van der Waals surface area contributed by atoms with Gasteiger partial charge >= 0.3 is 11.9 Å². The fraction of sp³-hybridized carbons (Fsp3) is 0.167. The molecule has 2 rings (SSSR count). The summed E-state index contributed by atoms with van der Waals surface area (Å²) >= 11 is 0. The second-order valence-electron chi connectivity index (χ2n) is 4.94. The van der Waals surface area contributed by atoms with E-state index in [-0.39, 0.29) is 24.5 Å². The van der Waals surface area contributed by atoms with E-state index in [9.17, 15) is 14.4 Å². The van der Waals surface area contributed by atoms with Crippen LogP contribution in [0.15, 0.2) is 48.5 Å². The number of rotatable bonds is 7. The molecule has 1 amide bonds. The molecule has 25 heavy (non-hydrogen) atoms. The Morgan fingerprint density at radius 3 is 2.36 bits per heavy atom. The van der Waals surface area contributed by atoms with Crippen LogP contribution in [0.2, 0.25) is 0 Å². The van der Waals surface area contributed by atoms with Gasteiger partial charge in [0.2, 0.25) is 0 Å². The predicted molar refractivity (Wildman–Crippen MR) is 89.9 cm³/mol. The molecule has 0 saturated heterocycles. The minimum Gasteiger partial charge on any atom is -0.483 e. The lowest BCUT2D eigenvalue weighted by Crippen LogP contribution is -2.21. The number of aromatic carboxylic acids is 1.